The molecule has 0 amide bonds. The molecular formula is C21H34FN3O2. The summed E-state index contributed by atoms with van der Waals surface area (Å²) < 4.78 is 18.6. The van der Waals surface area contributed by atoms with Crippen molar-refractivity contribution >= 4 is 5.96 Å². The second kappa shape index (κ2) is 11.2. The van der Waals surface area contributed by atoms with Crippen LogP contribution in [0.3, 0.4) is 0 Å². The number of hydrogen-bond donors (Lipinski definition) is 3. The number of nitrogens with zero attached hydrogens (tertiary/aromatic N) is 1. The lowest BCUT2D eigenvalue weighted by atomic mass is 9.83. The van der Waals surface area contributed by atoms with Crippen molar-refractivity contribution in [2.45, 2.75) is 52.1 Å². The number of guanidine groups is 1. The third-order valence-electron chi connectivity index (χ3n) is 5.28. The Morgan fingerprint density at radius 2 is 1.93 bits per heavy atom. The molecule has 0 radical (unpaired) electrons. The first-order chi connectivity index (χ1) is 13.1. The number of aliphatic imine (C=N–C) groups is 1. The summed E-state index contributed by atoms with van der Waals surface area (Å²) in [5, 5.41) is 16.8. The van der Waals surface area contributed by atoms with Crippen molar-refractivity contribution < 1.29 is 14.2 Å². The Morgan fingerprint density at radius 1 is 1.22 bits per heavy atom. The van der Waals surface area contributed by atoms with Gasteiger partial charge in [0.2, 0.25) is 0 Å². The Hall–Kier alpha value is -1.66. The van der Waals surface area contributed by atoms with E-state index in [2.05, 4.69) is 10.6 Å². The zero-order valence-corrected chi connectivity index (χ0v) is 16.6. The van der Waals surface area contributed by atoms with E-state index in [0.29, 0.717) is 18.1 Å². The van der Waals surface area contributed by atoms with Gasteiger partial charge in [-0.3, -0.25) is 4.99 Å². The summed E-state index contributed by atoms with van der Waals surface area (Å²) >= 11 is 0. The van der Waals surface area contributed by atoms with E-state index in [1.807, 2.05) is 13.8 Å². The number of rotatable bonds is 10. The van der Waals surface area contributed by atoms with Gasteiger partial charge >= 0.3 is 0 Å². The van der Waals surface area contributed by atoms with Gasteiger partial charge in [0.05, 0.1) is 6.10 Å². The molecule has 0 bridgehead atoms. The molecule has 152 valence electrons. The van der Waals surface area contributed by atoms with E-state index < -0.39 is 6.10 Å². The van der Waals surface area contributed by atoms with E-state index >= 15 is 0 Å². The third kappa shape index (κ3) is 7.11. The Kier molecular flexibility index (Phi) is 9.01. The van der Waals surface area contributed by atoms with E-state index in [4.69, 9.17) is 9.73 Å². The van der Waals surface area contributed by atoms with Gasteiger partial charge < -0.3 is 20.5 Å². The third-order valence-corrected chi connectivity index (χ3v) is 5.28. The van der Waals surface area contributed by atoms with E-state index in [1.165, 1.54) is 37.8 Å². The second-order valence-corrected chi connectivity index (χ2v) is 7.30. The fourth-order valence-electron chi connectivity index (χ4n) is 3.63. The minimum atomic E-state index is -0.715. The van der Waals surface area contributed by atoms with Gasteiger partial charge in [0.15, 0.2) is 5.96 Å². The maximum atomic E-state index is 13.0. The number of aliphatic hydroxyl groups excluding tert-OH is 1. The fraction of sp³-hybridized carbons (Fsp3) is 0.667. The van der Waals surface area contributed by atoms with Gasteiger partial charge in [0.1, 0.15) is 5.82 Å². The molecule has 0 aliphatic heterocycles. The van der Waals surface area contributed by atoms with Gasteiger partial charge in [-0.2, -0.15) is 0 Å². The number of aliphatic hydroxyl groups is 1. The SMILES string of the molecule is CCNC(=NCC1(CCOCC)CCCC1)NCC(O)c1ccc(F)cc1. The molecule has 0 spiro atoms. The summed E-state index contributed by atoms with van der Waals surface area (Å²) in [5.41, 5.74) is 0.913. The van der Waals surface area contributed by atoms with E-state index in [-0.39, 0.29) is 11.2 Å². The summed E-state index contributed by atoms with van der Waals surface area (Å²) in [5.74, 6) is 0.407. The monoisotopic (exact) mass is 379 g/mol. The van der Waals surface area contributed by atoms with Crippen molar-refractivity contribution in [3.8, 4) is 0 Å². The molecule has 6 heteroatoms. The average Bonchev–Trinajstić information content (AvgIpc) is 3.13. The Morgan fingerprint density at radius 3 is 2.56 bits per heavy atom. The zero-order valence-electron chi connectivity index (χ0n) is 16.6. The molecule has 5 nitrogen and oxygen atoms in total. The predicted molar refractivity (Wildman–Crippen MR) is 107 cm³/mol. The van der Waals surface area contributed by atoms with E-state index in [1.54, 1.807) is 12.1 Å². The van der Waals surface area contributed by atoms with E-state index in [9.17, 15) is 9.50 Å². The molecule has 27 heavy (non-hydrogen) atoms. The van der Waals surface area contributed by atoms with Gasteiger partial charge in [-0.1, -0.05) is 25.0 Å². The maximum absolute atomic E-state index is 13.0. The van der Waals surface area contributed by atoms with Crippen molar-refractivity contribution in [1.82, 2.24) is 10.6 Å². The first kappa shape index (κ1) is 21.6. The maximum Gasteiger partial charge on any atom is 0.191 e. The minimum absolute atomic E-state index is 0.229. The molecule has 0 aromatic heterocycles. The largest absolute Gasteiger partial charge is 0.387 e. The van der Waals surface area contributed by atoms with E-state index in [0.717, 1.165) is 32.7 Å². The molecule has 1 aromatic rings. The van der Waals surface area contributed by atoms with Crippen LogP contribution in [0.25, 0.3) is 0 Å². The van der Waals surface area contributed by atoms with Gasteiger partial charge in [-0.25, -0.2) is 4.39 Å². The van der Waals surface area contributed by atoms with Crippen LogP contribution in [0.1, 0.15) is 57.6 Å². The van der Waals surface area contributed by atoms with Crippen molar-refractivity contribution in [2.24, 2.45) is 10.4 Å². The van der Waals surface area contributed by atoms with Gasteiger partial charge in [0.25, 0.3) is 0 Å². The van der Waals surface area contributed by atoms with Crippen LogP contribution < -0.4 is 10.6 Å². The molecule has 0 saturated heterocycles. The number of nitrogens with one attached hydrogen (secondary N) is 2. The molecule has 3 N–H and O–H groups in total. The van der Waals surface area contributed by atoms with Crippen molar-refractivity contribution in [2.75, 3.05) is 32.8 Å². The number of benzene rings is 1. The molecule has 1 unspecified atom stereocenters. The summed E-state index contributed by atoms with van der Waals surface area (Å²) in [6.45, 7) is 7.44. The Labute approximate surface area is 162 Å². The van der Waals surface area contributed by atoms with Crippen LogP contribution in [0.2, 0.25) is 0 Å². The van der Waals surface area contributed by atoms with Crippen LogP contribution >= 0.6 is 0 Å². The lowest BCUT2D eigenvalue weighted by molar-refractivity contribution is 0.107. The van der Waals surface area contributed by atoms with Crippen LogP contribution in [0, 0.1) is 11.2 Å². The van der Waals surface area contributed by atoms with Crippen LogP contribution in [0.4, 0.5) is 4.39 Å². The number of halogens is 1. The molecule has 1 aromatic carbocycles. The van der Waals surface area contributed by atoms with Gasteiger partial charge in [-0.05, 0) is 56.2 Å². The predicted octanol–water partition coefficient (Wildman–Crippen LogP) is 3.40. The summed E-state index contributed by atoms with van der Waals surface area (Å²) in [6.07, 6.45) is 5.24. The van der Waals surface area contributed by atoms with Crippen LogP contribution in [-0.2, 0) is 4.74 Å². The first-order valence-corrected chi connectivity index (χ1v) is 10.1. The quantitative estimate of drug-likeness (QED) is 0.331. The highest BCUT2D eigenvalue weighted by molar-refractivity contribution is 5.79. The van der Waals surface area contributed by atoms with Gasteiger partial charge in [-0.15, -0.1) is 0 Å². The second-order valence-electron chi connectivity index (χ2n) is 7.30. The molecule has 1 fully saturated rings. The highest BCUT2D eigenvalue weighted by atomic mass is 19.1. The van der Waals surface area contributed by atoms with Crippen molar-refractivity contribution in [1.29, 1.82) is 0 Å². The normalized spacial score (nSPS) is 17.7. The number of hydrogen-bond acceptors (Lipinski definition) is 3. The molecule has 0 heterocycles. The van der Waals surface area contributed by atoms with Crippen LogP contribution in [-0.4, -0.2) is 43.9 Å². The standard InChI is InChI=1S/C21H34FN3O2/c1-3-23-20(24-15-19(26)17-7-9-18(22)10-8-17)25-16-21(11-5-6-12-21)13-14-27-4-2/h7-10,19,26H,3-6,11-16H2,1-2H3,(H2,23,24,25). The topological polar surface area (TPSA) is 65.9 Å². The zero-order chi connectivity index (χ0) is 19.5. The molecule has 1 saturated carbocycles. The minimum Gasteiger partial charge on any atom is -0.387 e. The highest BCUT2D eigenvalue weighted by Crippen LogP contribution is 2.41. The van der Waals surface area contributed by atoms with Gasteiger partial charge in [0, 0.05) is 32.8 Å². The lowest BCUT2D eigenvalue weighted by Gasteiger charge is -2.27. The van der Waals surface area contributed by atoms with Crippen molar-refractivity contribution in [3.63, 3.8) is 0 Å². The smallest absolute Gasteiger partial charge is 0.191 e. The Balaban J connectivity index is 1.92. The number of ether oxygens (including phenoxy) is 1. The summed E-state index contributed by atoms with van der Waals surface area (Å²) in [4.78, 5) is 4.79. The lowest BCUT2D eigenvalue weighted by Crippen LogP contribution is -2.40. The van der Waals surface area contributed by atoms with Crippen LogP contribution in [0.5, 0.6) is 0 Å². The van der Waals surface area contributed by atoms with Crippen molar-refractivity contribution in [3.05, 3.63) is 35.6 Å². The molecular weight excluding hydrogens is 345 g/mol. The molecule has 1 aliphatic rings. The molecule has 1 aliphatic carbocycles. The average molecular weight is 380 g/mol. The fourth-order valence-corrected chi connectivity index (χ4v) is 3.63. The summed E-state index contributed by atoms with van der Waals surface area (Å²) in [7, 11) is 0. The molecule has 2 rings (SSSR count). The van der Waals surface area contributed by atoms with Crippen LogP contribution in [0.15, 0.2) is 29.3 Å². The Bertz CT molecular complexity index is 571. The molecule has 1 atom stereocenters. The first-order valence-electron chi connectivity index (χ1n) is 10.1. The summed E-state index contributed by atoms with van der Waals surface area (Å²) in [6, 6.07) is 5.93. The highest BCUT2D eigenvalue weighted by Gasteiger charge is 2.33.